The molecule has 0 aliphatic rings. The summed E-state index contributed by atoms with van der Waals surface area (Å²) in [6.45, 7) is 5.68. The molecule has 0 saturated heterocycles. The Morgan fingerprint density at radius 2 is 1.79 bits per heavy atom. The standard InChI is InChI=1S/C14H17N5/c1-8-9(2)17-10(3)18-14(8)19-13(16)11-6-4-5-7-12(11)15/h4-7H,15H2,1-3H3,(H2,16,17,18,19). The van der Waals surface area contributed by atoms with Crippen molar-refractivity contribution in [1.29, 1.82) is 0 Å². The first-order valence-electron chi connectivity index (χ1n) is 6.00. The molecule has 1 aromatic carbocycles. The summed E-state index contributed by atoms with van der Waals surface area (Å²) in [7, 11) is 0. The molecule has 4 N–H and O–H groups in total. The SMILES string of the molecule is Cc1nc(C)c(C)c(N=C(N)c2ccccc2N)n1. The third kappa shape index (κ3) is 2.70. The quantitative estimate of drug-likeness (QED) is 0.488. The van der Waals surface area contributed by atoms with Crippen molar-refractivity contribution in [3.05, 3.63) is 46.9 Å². The van der Waals surface area contributed by atoms with Gasteiger partial charge in [0.15, 0.2) is 5.82 Å². The van der Waals surface area contributed by atoms with Crippen molar-refractivity contribution in [3.8, 4) is 0 Å². The first-order chi connectivity index (χ1) is 8.99. The van der Waals surface area contributed by atoms with Crippen molar-refractivity contribution in [2.24, 2.45) is 10.7 Å². The van der Waals surface area contributed by atoms with E-state index in [1.165, 1.54) is 0 Å². The van der Waals surface area contributed by atoms with Gasteiger partial charge >= 0.3 is 0 Å². The number of nitrogens with zero attached hydrogens (tertiary/aromatic N) is 3. The van der Waals surface area contributed by atoms with Gasteiger partial charge in [-0.1, -0.05) is 12.1 Å². The van der Waals surface area contributed by atoms with Crippen LogP contribution in [0.5, 0.6) is 0 Å². The Bertz CT molecular complexity index is 646. The minimum atomic E-state index is 0.360. The number of aliphatic imine (C=N–C) groups is 1. The van der Waals surface area contributed by atoms with Gasteiger partial charge in [-0.3, -0.25) is 0 Å². The van der Waals surface area contributed by atoms with Gasteiger partial charge in [-0.05, 0) is 32.9 Å². The molecule has 5 heteroatoms. The molecule has 2 aromatic rings. The van der Waals surface area contributed by atoms with E-state index in [0.717, 1.165) is 16.8 Å². The maximum Gasteiger partial charge on any atom is 0.161 e. The maximum atomic E-state index is 6.01. The Morgan fingerprint density at radius 1 is 1.11 bits per heavy atom. The number of anilines is 1. The molecule has 0 aliphatic carbocycles. The highest BCUT2D eigenvalue weighted by atomic mass is 15.0. The Balaban J connectivity index is 2.50. The fourth-order valence-corrected chi connectivity index (χ4v) is 1.76. The summed E-state index contributed by atoms with van der Waals surface area (Å²) in [5.74, 6) is 1.63. The summed E-state index contributed by atoms with van der Waals surface area (Å²) < 4.78 is 0. The largest absolute Gasteiger partial charge is 0.398 e. The molecule has 0 atom stereocenters. The minimum absolute atomic E-state index is 0.360. The highest BCUT2D eigenvalue weighted by Gasteiger charge is 2.08. The number of rotatable bonds is 2. The van der Waals surface area contributed by atoms with E-state index in [1.807, 2.05) is 39.0 Å². The summed E-state index contributed by atoms with van der Waals surface area (Å²) in [6.07, 6.45) is 0. The van der Waals surface area contributed by atoms with E-state index in [-0.39, 0.29) is 0 Å². The molecule has 0 amide bonds. The van der Waals surface area contributed by atoms with E-state index in [0.29, 0.717) is 23.2 Å². The van der Waals surface area contributed by atoms with E-state index < -0.39 is 0 Å². The molecule has 0 unspecified atom stereocenters. The summed E-state index contributed by atoms with van der Waals surface area (Å²) >= 11 is 0. The molecule has 0 saturated carbocycles. The number of aromatic nitrogens is 2. The average molecular weight is 255 g/mol. The van der Waals surface area contributed by atoms with Crippen LogP contribution in [0.3, 0.4) is 0 Å². The highest BCUT2D eigenvalue weighted by Crippen LogP contribution is 2.19. The van der Waals surface area contributed by atoms with Crippen molar-refractivity contribution in [3.63, 3.8) is 0 Å². The van der Waals surface area contributed by atoms with Crippen LogP contribution >= 0.6 is 0 Å². The maximum absolute atomic E-state index is 6.01. The van der Waals surface area contributed by atoms with Crippen LogP contribution in [-0.4, -0.2) is 15.8 Å². The second-order valence-corrected chi connectivity index (χ2v) is 4.39. The summed E-state index contributed by atoms with van der Waals surface area (Å²) in [5, 5.41) is 0. The van der Waals surface area contributed by atoms with E-state index in [4.69, 9.17) is 11.5 Å². The molecule has 0 spiro atoms. The van der Waals surface area contributed by atoms with Gasteiger partial charge in [-0.2, -0.15) is 0 Å². The number of hydrogen-bond acceptors (Lipinski definition) is 4. The Hall–Kier alpha value is -2.43. The van der Waals surface area contributed by atoms with Crippen LogP contribution in [0.1, 0.15) is 22.6 Å². The molecule has 0 bridgehead atoms. The number of nitrogens with two attached hydrogens (primary N) is 2. The molecule has 2 rings (SSSR count). The van der Waals surface area contributed by atoms with Gasteiger partial charge in [0.05, 0.1) is 0 Å². The molecule has 1 heterocycles. The normalized spacial score (nSPS) is 11.6. The van der Waals surface area contributed by atoms with Gasteiger partial charge < -0.3 is 11.5 Å². The lowest BCUT2D eigenvalue weighted by Gasteiger charge is -2.07. The molecular formula is C14H17N5. The van der Waals surface area contributed by atoms with Crippen LogP contribution in [0.25, 0.3) is 0 Å². The van der Waals surface area contributed by atoms with Gasteiger partial charge in [-0.15, -0.1) is 0 Å². The predicted molar refractivity (Wildman–Crippen MR) is 77.5 cm³/mol. The third-order valence-corrected chi connectivity index (χ3v) is 2.94. The van der Waals surface area contributed by atoms with Crippen molar-refractivity contribution in [2.45, 2.75) is 20.8 Å². The van der Waals surface area contributed by atoms with Gasteiger partial charge in [0.25, 0.3) is 0 Å². The van der Waals surface area contributed by atoms with Crippen LogP contribution in [0, 0.1) is 20.8 Å². The summed E-state index contributed by atoms with van der Waals surface area (Å²) in [6, 6.07) is 7.36. The lowest BCUT2D eigenvalue weighted by atomic mass is 10.1. The monoisotopic (exact) mass is 255 g/mol. The van der Waals surface area contributed by atoms with Crippen LogP contribution in [-0.2, 0) is 0 Å². The Morgan fingerprint density at radius 3 is 2.47 bits per heavy atom. The highest BCUT2D eigenvalue weighted by molar-refractivity contribution is 6.03. The number of aryl methyl sites for hydroxylation is 2. The number of hydrogen-bond donors (Lipinski definition) is 2. The van der Waals surface area contributed by atoms with Crippen LogP contribution < -0.4 is 11.5 Å². The van der Waals surface area contributed by atoms with E-state index in [9.17, 15) is 0 Å². The minimum Gasteiger partial charge on any atom is -0.398 e. The van der Waals surface area contributed by atoms with Gasteiger partial charge in [0, 0.05) is 22.5 Å². The first kappa shape index (κ1) is 13.0. The topological polar surface area (TPSA) is 90.2 Å². The summed E-state index contributed by atoms with van der Waals surface area (Å²) in [4.78, 5) is 13.0. The number of amidine groups is 1. The second-order valence-electron chi connectivity index (χ2n) is 4.39. The van der Waals surface area contributed by atoms with E-state index in [2.05, 4.69) is 15.0 Å². The van der Waals surface area contributed by atoms with Gasteiger partial charge in [0.1, 0.15) is 11.7 Å². The van der Waals surface area contributed by atoms with Crippen molar-refractivity contribution in [1.82, 2.24) is 9.97 Å². The lowest BCUT2D eigenvalue weighted by molar-refractivity contribution is 0.982. The molecule has 1 aromatic heterocycles. The Kier molecular flexibility index (Phi) is 3.46. The van der Waals surface area contributed by atoms with Crippen LogP contribution in [0.2, 0.25) is 0 Å². The van der Waals surface area contributed by atoms with Gasteiger partial charge in [-0.25, -0.2) is 15.0 Å². The molecule has 0 aliphatic heterocycles. The smallest absolute Gasteiger partial charge is 0.161 e. The third-order valence-electron chi connectivity index (χ3n) is 2.94. The molecular weight excluding hydrogens is 238 g/mol. The zero-order chi connectivity index (χ0) is 14.0. The molecule has 98 valence electrons. The molecule has 5 nitrogen and oxygen atoms in total. The molecule has 19 heavy (non-hydrogen) atoms. The first-order valence-corrected chi connectivity index (χ1v) is 6.00. The molecule has 0 fully saturated rings. The predicted octanol–water partition coefficient (Wildman–Crippen LogP) is 2.02. The zero-order valence-corrected chi connectivity index (χ0v) is 11.3. The number of benzene rings is 1. The second kappa shape index (κ2) is 5.06. The fraction of sp³-hybridized carbons (Fsp3) is 0.214. The Labute approximate surface area is 112 Å². The average Bonchev–Trinajstić information content (AvgIpc) is 2.35. The molecule has 0 radical (unpaired) electrons. The summed E-state index contributed by atoms with van der Waals surface area (Å²) in [5.41, 5.74) is 15.0. The fourth-order valence-electron chi connectivity index (χ4n) is 1.76. The van der Waals surface area contributed by atoms with Crippen molar-refractivity contribution in [2.75, 3.05) is 5.73 Å². The van der Waals surface area contributed by atoms with Crippen LogP contribution in [0.4, 0.5) is 11.5 Å². The van der Waals surface area contributed by atoms with Gasteiger partial charge in [0.2, 0.25) is 0 Å². The zero-order valence-electron chi connectivity index (χ0n) is 11.3. The van der Waals surface area contributed by atoms with Crippen molar-refractivity contribution < 1.29 is 0 Å². The lowest BCUT2D eigenvalue weighted by Crippen LogP contribution is -2.15. The number of para-hydroxylation sites is 1. The number of nitrogen functional groups attached to an aromatic ring is 1. The van der Waals surface area contributed by atoms with E-state index >= 15 is 0 Å². The van der Waals surface area contributed by atoms with Crippen LogP contribution in [0.15, 0.2) is 29.3 Å². The van der Waals surface area contributed by atoms with E-state index in [1.54, 1.807) is 6.07 Å². The van der Waals surface area contributed by atoms with Crippen molar-refractivity contribution >= 4 is 17.3 Å².